The van der Waals surface area contributed by atoms with Crippen molar-refractivity contribution >= 4 is 12.2 Å². The molecule has 1 fully saturated rings. The van der Waals surface area contributed by atoms with Gasteiger partial charge in [-0.05, 0) is 36.4 Å². The van der Waals surface area contributed by atoms with Gasteiger partial charge in [-0.25, -0.2) is 0 Å². The molecule has 0 spiro atoms. The molecule has 0 radical (unpaired) electrons. The minimum absolute atomic E-state index is 0.0203. The monoisotopic (exact) mass is 310 g/mol. The second kappa shape index (κ2) is 7.05. The summed E-state index contributed by atoms with van der Waals surface area (Å²) in [7, 11) is 0. The average Bonchev–Trinajstić information content (AvgIpc) is 2.63. The highest BCUT2D eigenvalue weighted by Crippen LogP contribution is 2.20. The molecular formula is C18H18N2O3. The SMILES string of the molecule is O=Cc1ccc(OC2CCN(C(=O)c3cccnc3)CC2)cc1. The topological polar surface area (TPSA) is 59.5 Å². The van der Waals surface area contributed by atoms with Gasteiger partial charge in [0, 0.05) is 43.9 Å². The van der Waals surface area contributed by atoms with Gasteiger partial charge in [-0.15, -0.1) is 0 Å². The lowest BCUT2D eigenvalue weighted by Gasteiger charge is -2.32. The van der Waals surface area contributed by atoms with Gasteiger partial charge in [0.25, 0.3) is 5.91 Å². The Kier molecular flexibility index (Phi) is 4.66. The van der Waals surface area contributed by atoms with Gasteiger partial charge in [-0.1, -0.05) is 0 Å². The molecule has 1 amide bonds. The maximum atomic E-state index is 12.3. The molecule has 0 atom stereocenters. The van der Waals surface area contributed by atoms with Crippen LogP contribution in [-0.2, 0) is 0 Å². The Labute approximate surface area is 134 Å². The number of pyridine rings is 1. The van der Waals surface area contributed by atoms with Crippen LogP contribution in [-0.4, -0.2) is 41.3 Å². The van der Waals surface area contributed by atoms with Crippen LogP contribution in [0.15, 0.2) is 48.8 Å². The second-order valence-electron chi connectivity index (χ2n) is 5.54. The normalized spacial score (nSPS) is 15.2. The molecule has 0 bridgehead atoms. The van der Waals surface area contributed by atoms with E-state index in [1.165, 1.54) is 0 Å². The third-order valence-electron chi connectivity index (χ3n) is 3.96. The summed E-state index contributed by atoms with van der Waals surface area (Å²) in [5, 5.41) is 0. The third kappa shape index (κ3) is 3.74. The van der Waals surface area contributed by atoms with Crippen LogP contribution in [0.1, 0.15) is 33.6 Å². The summed E-state index contributed by atoms with van der Waals surface area (Å²) in [6, 6.07) is 10.6. The Morgan fingerprint density at radius 3 is 2.52 bits per heavy atom. The van der Waals surface area contributed by atoms with Crippen molar-refractivity contribution in [1.82, 2.24) is 9.88 Å². The van der Waals surface area contributed by atoms with E-state index in [-0.39, 0.29) is 12.0 Å². The number of aldehydes is 1. The van der Waals surface area contributed by atoms with Gasteiger partial charge in [0.2, 0.25) is 0 Å². The average molecular weight is 310 g/mol. The lowest BCUT2D eigenvalue weighted by molar-refractivity contribution is 0.0595. The first-order chi connectivity index (χ1) is 11.3. The molecule has 0 unspecified atom stereocenters. The van der Waals surface area contributed by atoms with Crippen molar-refractivity contribution in [3.8, 4) is 5.75 Å². The van der Waals surface area contributed by atoms with Crippen LogP contribution in [0, 0.1) is 0 Å². The van der Waals surface area contributed by atoms with Crippen molar-refractivity contribution in [2.24, 2.45) is 0 Å². The van der Waals surface area contributed by atoms with Gasteiger partial charge < -0.3 is 9.64 Å². The summed E-state index contributed by atoms with van der Waals surface area (Å²) in [4.78, 5) is 28.8. The summed E-state index contributed by atoms with van der Waals surface area (Å²) < 4.78 is 5.92. The number of piperidine rings is 1. The number of hydrogen-bond acceptors (Lipinski definition) is 4. The lowest BCUT2D eigenvalue weighted by atomic mass is 10.1. The number of likely N-dealkylation sites (tertiary alicyclic amines) is 1. The Bertz CT molecular complexity index is 662. The minimum atomic E-state index is 0.0203. The van der Waals surface area contributed by atoms with E-state index in [0.717, 1.165) is 24.9 Å². The van der Waals surface area contributed by atoms with E-state index in [1.807, 2.05) is 4.90 Å². The molecule has 1 aromatic carbocycles. The second-order valence-corrected chi connectivity index (χ2v) is 5.54. The molecule has 1 aliphatic heterocycles. The third-order valence-corrected chi connectivity index (χ3v) is 3.96. The van der Waals surface area contributed by atoms with Gasteiger partial charge in [-0.3, -0.25) is 14.6 Å². The highest BCUT2D eigenvalue weighted by Gasteiger charge is 2.24. The summed E-state index contributed by atoms with van der Waals surface area (Å²) in [6.07, 6.45) is 5.75. The first-order valence-electron chi connectivity index (χ1n) is 7.67. The number of aromatic nitrogens is 1. The Balaban J connectivity index is 1.53. The van der Waals surface area contributed by atoms with Crippen molar-refractivity contribution in [2.45, 2.75) is 18.9 Å². The standard InChI is InChI=1S/C18H18N2O3/c21-13-14-3-5-16(6-4-14)23-17-7-10-20(11-8-17)18(22)15-2-1-9-19-12-15/h1-6,9,12-13,17H,7-8,10-11H2. The molecule has 0 aliphatic carbocycles. The van der Waals surface area contributed by atoms with E-state index < -0.39 is 0 Å². The quantitative estimate of drug-likeness (QED) is 0.814. The molecule has 0 saturated carbocycles. The largest absolute Gasteiger partial charge is 0.490 e. The molecule has 1 aromatic heterocycles. The Morgan fingerprint density at radius 2 is 1.91 bits per heavy atom. The van der Waals surface area contributed by atoms with Crippen LogP contribution in [0.25, 0.3) is 0 Å². The van der Waals surface area contributed by atoms with Crippen LogP contribution < -0.4 is 4.74 Å². The molecule has 0 N–H and O–H groups in total. The van der Waals surface area contributed by atoms with Crippen molar-refractivity contribution in [3.05, 3.63) is 59.9 Å². The Morgan fingerprint density at radius 1 is 1.17 bits per heavy atom. The molecule has 3 rings (SSSR count). The minimum Gasteiger partial charge on any atom is -0.490 e. The number of carbonyl (C=O) groups excluding carboxylic acids is 2. The van der Waals surface area contributed by atoms with Crippen LogP contribution in [0.5, 0.6) is 5.75 Å². The van der Waals surface area contributed by atoms with Crippen LogP contribution in [0.3, 0.4) is 0 Å². The number of carbonyl (C=O) groups is 2. The number of benzene rings is 1. The maximum absolute atomic E-state index is 12.3. The fraction of sp³-hybridized carbons (Fsp3) is 0.278. The molecule has 2 aromatic rings. The first-order valence-corrected chi connectivity index (χ1v) is 7.67. The molecule has 5 heteroatoms. The number of hydrogen-bond donors (Lipinski definition) is 0. The zero-order chi connectivity index (χ0) is 16.1. The van der Waals surface area contributed by atoms with E-state index in [1.54, 1.807) is 48.8 Å². The van der Waals surface area contributed by atoms with Crippen LogP contribution in [0.2, 0.25) is 0 Å². The highest BCUT2D eigenvalue weighted by atomic mass is 16.5. The van der Waals surface area contributed by atoms with Crippen molar-refractivity contribution in [1.29, 1.82) is 0 Å². The summed E-state index contributed by atoms with van der Waals surface area (Å²) in [6.45, 7) is 1.34. The zero-order valence-electron chi connectivity index (χ0n) is 12.7. The van der Waals surface area contributed by atoms with E-state index in [9.17, 15) is 9.59 Å². The summed E-state index contributed by atoms with van der Waals surface area (Å²) in [5.74, 6) is 0.777. The van der Waals surface area contributed by atoms with Crippen molar-refractivity contribution in [2.75, 3.05) is 13.1 Å². The summed E-state index contributed by atoms with van der Waals surface area (Å²) in [5.41, 5.74) is 1.26. The fourth-order valence-corrected chi connectivity index (χ4v) is 2.67. The van der Waals surface area contributed by atoms with Gasteiger partial charge >= 0.3 is 0 Å². The van der Waals surface area contributed by atoms with Gasteiger partial charge in [0.1, 0.15) is 18.1 Å². The molecule has 23 heavy (non-hydrogen) atoms. The van der Waals surface area contributed by atoms with Crippen LogP contribution >= 0.6 is 0 Å². The lowest BCUT2D eigenvalue weighted by Crippen LogP contribution is -2.41. The maximum Gasteiger partial charge on any atom is 0.255 e. The number of nitrogens with zero attached hydrogens (tertiary/aromatic N) is 2. The highest BCUT2D eigenvalue weighted by molar-refractivity contribution is 5.93. The predicted octanol–water partition coefficient (Wildman–Crippen LogP) is 2.58. The smallest absolute Gasteiger partial charge is 0.255 e. The fourth-order valence-electron chi connectivity index (χ4n) is 2.67. The van der Waals surface area contributed by atoms with Gasteiger partial charge in [0.15, 0.2) is 0 Å². The molecule has 2 heterocycles. The molecule has 1 saturated heterocycles. The number of ether oxygens (including phenoxy) is 1. The van der Waals surface area contributed by atoms with Crippen LogP contribution in [0.4, 0.5) is 0 Å². The van der Waals surface area contributed by atoms with Crippen molar-refractivity contribution < 1.29 is 14.3 Å². The zero-order valence-corrected chi connectivity index (χ0v) is 12.7. The first kappa shape index (κ1) is 15.2. The van der Waals surface area contributed by atoms with Gasteiger partial charge in [0.05, 0.1) is 5.56 Å². The van der Waals surface area contributed by atoms with E-state index >= 15 is 0 Å². The molecule has 1 aliphatic rings. The van der Waals surface area contributed by atoms with E-state index in [4.69, 9.17) is 4.74 Å². The van der Waals surface area contributed by atoms with E-state index in [0.29, 0.717) is 24.2 Å². The number of amides is 1. The molecule has 118 valence electrons. The molecule has 5 nitrogen and oxygen atoms in total. The van der Waals surface area contributed by atoms with E-state index in [2.05, 4.69) is 4.98 Å². The summed E-state index contributed by atoms with van der Waals surface area (Å²) >= 11 is 0. The van der Waals surface area contributed by atoms with Crippen molar-refractivity contribution in [3.63, 3.8) is 0 Å². The van der Waals surface area contributed by atoms with Gasteiger partial charge in [-0.2, -0.15) is 0 Å². The predicted molar refractivity (Wildman–Crippen MR) is 85.6 cm³/mol. The molecular weight excluding hydrogens is 292 g/mol. The Hall–Kier alpha value is -2.69. The number of rotatable bonds is 4.